The molecule has 1 saturated carbocycles. The number of aromatic nitrogens is 3. The number of phenolic OH excluding ortho intramolecular Hbond substituents is 1. The van der Waals surface area contributed by atoms with E-state index in [-0.39, 0.29) is 57.2 Å². The van der Waals surface area contributed by atoms with Crippen LogP contribution in [-0.4, -0.2) is 77.4 Å². The molecule has 0 atom stereocenters. The highest BCUT2D eigenvalue weighted by molar-refractivity contribution is 6.03. The normalized spacial score (nSPS) is 17.6. The molecule has 3 aliphatic rings. The number of benzene rings is 3. The van der Waals surface area contributed by atoms with Gasteiger partial charge in [0.05, 0.1) is 17.6 Å². The number of anilines is 2. The number of terminal acetylenes is 1. The topological polar surface area (TPSA) is 89.9 Å². The summed E-state index contributed by atoms with van der Waals surface area (Å²) in [6.45, 7) is 3.78. The zero-order valence-electron chi connectivity index (χ0n) is 30.0. The van der Waals surface area contributed by atoms with E-state index < -0.39 is 35.0 Å². The smallest absolute Gasteiger partial charge is 0.422 e. The van der Waals surface area contributed by atoms with Gasteiger partial charge in [-0.2, -0.15) is 23.1 Å². The number of nitrogens with one attached hydrogen (secondary N) is 1. The molecule has 8 rings (SSSR count). The predicted octanol–water partition coefficient (Wildman–Crippen LogP) is 7.58. The van der Waals surface area contributed by atoms with Crippen molar-refractivity contribution < 1.29 is 40.6 Å². The number of hydrogen-bond donors (Lipinski definition) is 2. The lowest BCUT2D eigenvalue weighted by atomic mass is 9.96. The van der Waals surface area contributed by atoms with Crippen molar-refractivity contribution in [1.82, 2.24) is 25.3 Å². The van der Waals surface area contributed by atoms with Gasteiger partial charge in [-0.3, -0.25) is 14.9 Å². The zero-order chi connectivity index (χ0) is 39.4. The molecule has 16 heteroatoms. The summed E-state index contributed by atoms with van der Waals surface area (Å²) in [4.78, 5) is 17.5. The number of hydrogen-bond acceptors (Lipinski definition) is 9. The van der Waals surface area contributed by atoms with Crippen molar-refractivity contribution in [2.24, 2.45) is 5.41 Å². The molecule has 4 heterocycles. The van der Waals surface area contributed by atoms with Gasteiger partial charge in [0.25, 0.3) is 0 Å². The molecule has 2 saturated heterocycles. The van der Waals surface area contributed by atoms with Crippen LogP contribution in [0.25, 0.3) is 32.9 Å². The van der Waals surface area contributed by atoms with Crippen LogP contribution < -0.4 is 20.1 Å². The van der Waals surface area contributed by atoms with Gasteiger partial charge in [0.15, 0.2) is 11.6 Å². The average Bonchev–Trinajstić information content (AvgIpc) is 3.97. The monoisotopic (exact) mass is 779 g/mol. The average molecular weight is 780 g/mol. The molecule has 0 radical (unpaired) electrons. The molecule has 292 valence electrons. The Morgan fingerprint density at radius 3 is 2.36 bits per heavy atom. The second-order valence-corrected chi connectivity index (χ2v) is 14.6. The van der Waals surface area contributed by atoms with E-state index >= 15 is 4.39 Å². The molecule has 5 aromatic rings. The van der Waals surface area contributed by atoms with Crippen molar-refractivity contribution in [3.05, 3.63) is 77.0 Å². The SMILES string of the molecule is C#Cc1c(F)ccc2cc(O)cc(-c3ncc4c(N5CCCCCN5)nc(OCC5(CN6CCN(c7cc(F)c(C(F)(F)F)c(F)c7)CC6)CC5)nc4c3F)c12. The number of pyridine rings is 1. The molecule has 1 aliphatic carbocycles. The molecule has 3 aromatic carbocycles. The maximum absolute atomic E-state index is 16.8. The number of piperazine rings is 1. The van der Waals surface area contributed by atoms with Crippen LogP contribution in [0.1, 0.15) is 43.2 Å². The third-order valence-electron chi connectivity index (χ3n) is 10.8. The van der Waals surface area contributed by atoms with Gasteiger partial charge in [0.2, 0.25) is 0 Å². The van der Waals surface area contributed by atoms with Crippen LogP contribution in [0.4, 0.5) is 42.2 Å². The van der Waals surface area contributed by atoms with E-state index in [1.54, 1.807) is 4.90 Å². The first-order valence-corrected chi connectivity index (χ1v) is 18.3. The van der Waals surface area contributed by atoms with E-state index in [1.165, 1.54) is 30.5 Å². The number of aromatic hydroxyl groups is 1. The number of halogens is 7. The second kappa shape index (κ2) is 14.6. The summed E-state index contributed by atoms with van der Waals surface area (Å²) in [5.41, 5.74) is 0.926. The largest absolute Gasteiger partial charge is 0.508 e. The van der Waals surface area contributed by atoms with Crippen molar-refractivity contribution in [3.63, 3.8) is 0 Å². The zero-order valence-corrected chi connectivity index (χ0v) is 30.0. The fraction of sp³-hybridized carbons (Fsp3) is 0.375. The number of phenols is 1. The van der Waals surface area contributed by atoms with E-state index in [0.717, 1.165) is 44.2 Å². The van der Waals surface area contributed by atoms with Crippen LogP contribution in [0, 0.1) is 41.0 Å². The van der Waals surface area contributed by atoms with Gasteiger partial charge < -0.3 is 14.7 Å². The molecule has 0 bridgehead atoms. The van der Waals surface area contributed by atoms with Crippen molar-refractivity contribution in [3.8, 4) is 35.4 Å². The Morgan fingerprint density at radius 2 is 1.66 bits per heavy atom. The quantitative estimate of drug-likeness (QED) is 0.122. The number of fused-ring (bicyclic) bond motifs is 2. The van der Waals surface area contributed by atoms with Gasteiger partial charge in [0.1, 0.15) is 40.0 Å². The Kier molecular flexibility index (Phi) is 9.78. The molecule has 0 amide bonds. The van der Waals surface area contributed by atoms with E-state index in [4.69, 9.17) is 16.1 Å². The van der Waals surface area contributed by atoms with Crippen LogP contribution >= 0.6 is 0 Å². The molecule has 0 unspecified atom stereocenters. The third kappa shape index (κ3) is 7.21. The molecule has 3 fully saturated rings. The molecule has 2 aromatic heterocycles. The molecular weight excluding hydrogens is 743 g/mol. The third-order valence-corrected chi connectivity index (χ3v) is 10.8. The van der Waals surface area contributed by atoms with Crippen LogP contribution in [0.15, 0.2) is 42.6 Å². The highest BCUT2D eigenvalue weighted by Gasteiger charge is 2.45. The van der Waals surface area contributed by atoms with Gasteiger partial charge in [-0.15, -0.1) is 6.42 Å². The minimum absolute atomic E-state index is 0.0479. The fourth-order valence-electron chi connectivity index (χ4n) is 7.67. The predicted molar refractivity (Wildman–Crippen MR) is 196 cm³/mol. The summed E-state index contributed by atoms with van der Waals surface area (Å²) in [5.74, 6) is -2.29. The first kappa shape index (κ1) is 37.5. The Balaban J connectivity index is 1.05. The van der Waals surface area contributed by atoms with Crippen molar-refractivity contribution >= 4 is 33.2 Å². The fourth-order valence-corrected chi connectivity index (χ4v) is 7.67. The minimum atomic E-state index is -5.14. The maximum atomic E-state index is 16.8. The van der Waals surface area contributed by atoms with E-state index in [9.17, 15) is 31.4 Å². The second-order valence-electron chi connectivity index (χ2n) is 14.6. The van der Waals surface area contributed by atoms with Crippen LogP contribution in [-0.2, 0) is 6.18 Å². The highest BCUT2D eigenvalue weighted by Crippen LogP contribution is 2.47. The van der Waals surface area contributed by atoms with Gasteiger partial charge >= 0.3 is 12.2 Å². The Hall–Kier alpha value is -5.40. The maximum Gasteiger partial charge on any atom is 0.422 e. The molecule has 2 N–H and O–H groups in total. The van der Waals surface area contributed by atoms with Crippen LogP contribution in [0.5, 0.6) is 11.8 Å². The summed E-state index contributed by atoms with van der Waals surface area (Å²) in [6, 6.07) is 6.70. The molecule has 2 aliphatic heterocycles. The first-order valence-electron chi connectivity index (χ1n) is 18.3. The van der Waals surface area contributed by atoms with Crippen molar-refractivity contribution in [1.29, 1.82) is 0 Å². The van der Waals surface area contributed by atoms with E-state index in [0.29, 0.717) is 62.4 Å². The lowest BCUT2D eigenvalue weighted by molar-refractivity contribution is -0.142. The van der Waals surface area contributed by atoms with Crippen molar-refractivity contribution in [2.45, 2.75) is 38.3 Å². The lowest BCUT2D eigenvalue weighted by Gasteiger charge is -2.37. The molecule has 9 nitrogen and oxygen atoms in total. The number of rotatable bonds is 8. The standard InChI is InChI=1S/C40H36F7N7O2/c1-2-26-29(41)7-6-23-16-25(55)19-27(32(23)26)35-34(44)36-28(20-48-35)37(54-11-5-3-4-10-49-54)51-38(50-36)56-22-39(8-9-39)21-52-12-14-53(15-13-52)24-17-30(42)33(31(43)18-24)40(45,46)47/h1,6-7,16-20,49,55H,3-5,8-15,21-22H2. The van der Waals surface area contributed by atoms with E-state index in [2.05, 4.69) is 26.2 Å². The van der Waals surface area contributed by atoms with Gasteiger partial charge in [-0.25, -0.2) is 23.0 Å². The number of hydrazine groups is 1. The molecule has 0 spiro atoms. The summed E-state index contributed by atoms with van der Waals surface area (Å²) < 4.78 is 106. The number of alkyl halides is 3. The van der Waals surface area contributed by atoms with Crippen LogP contribution in [0.3, 0.4) is 0 Å². The van der Waals surface area contributed by atoms with E-state index in [1.807, 2.05) is 5.01 Å². The lowest BCUT2D eigenvalue weighted by Crippen LogP contribution is -2.48. The molecule has 56 heavy (non-hydrogen) atoms. The summed E-state index contributed by atoms with van der Waals surface area (Å²) in [5, 5.41) is 13.3. The van der Waals surface area contributed by atoms with Gasteiger partial charge in [0, 0.05) is 74.1 Å². The van der Waals surface area contributed by atoms with Gasteiger partial charge in [-0.05, 0) is 61.4 Å². The summed E-state index contributed by atoms with van der Waals surface area (Å²) >= 11 is 0. The van der Waals surface area contributed by atoms with Gasteiger partial charge in [-0.1, -0.05) is 18.4 Å². The first-order chi connectivity index (χ1) is 26.8. The number of ether oxygens (including phenoxy) is 1. The van der Waals surface area contributed by atoms with Crippen LogP contribution in [0.2, 0.25) is 0 Å². The van der Waals surface area contributed by atoms with Crippen molar-refractivity contribution in [2.75, 3.05) is 62.3 Å². The number of nitrogens with zero attached hydrogens (tertiary/aromatic N) is 6. The Labute approximate surface area is 317 Å². The minimum Gasteiger partial charge on any atom is -0.508 e. The Morgan fingerprint density at radius 1 is 0.911 bits per heavy atom. The Bertz CT molecular complexity index is 2340. The summed E-state index contributed by atoms with van der Waals surface area (Å²) in [6.07, 6.45) is 6.43. The highest BCUT2D eigenvalue weighted by atomic mass is 19.4. The molecular formula is C40H36F7N7O2. The summed E-state index contributed by atoms with van der Waals surface area (Å²) in [7, 11) is 0.